The van der Waals surface area contributed by atoms with Crippen molar-refractivity contribution < 1.29 is 5.11 Å². The van der Waals surface area contributed by atoms with Crippen LogP contribution < -0.4 is 0 Å². The Morgan fingerprint density at radius 3 is 2.19 bits per heavy atom. The van der Waals surface area contributed by atoms with Crippen LogP contribution in [0.5, 0.6) is 5.75 Å². The zero-order valence-electron chi connectivity index (χ0n) is 20.8. The molecule has 1 heterocycles. The first-order valence-corrected chi connectivity index (χ1v) is 14.0. The molecule has 4 heteroatoms. The summed E-state index contributed by atoms with van der Waals surface area (Å²) in [7, 11) is 0. The number of hydrogen-bond donors (Lipinski definition) is 1. The maximum Gasteiger partial charge on any atom is 0.173 e. The Morgan fingerprint density at radius 2 is 1.46 bits per heavy atom. The summed E-state index contributed by atoms with van der Waals surface area (Å²) in [5.41, 5.74) is 8.01. The number of aromatic hydroxyl groups is 1. The van der Waals surface area contributed by atoms with Crippen LogP contribution in [-0.4, -0.2) is 20.4 Å². The predicted octanol–water partition coefficient (Wildman–Crippen LogP) is 8.20. The van der Waals surface area contributed by atoms with Crippen molar-refractivity contribution in [1.29, 1.82) is 0 Å². The fraction of sp³-hybridized carbons (Fsp3) is 0.182. The number of nitrogens with zero attached hydrogens (tertiary/aromatic N) is 2. The van der Waals surface area contributed by atoms with Gasteiger partial charge in [-0.1, -0.05) is 103 Å². The van der Waals surface area contributed by atoms with Crippen LogP contribution in [-0.2, 0) is 12.8 Å². The molecule has 0 spiro atoms. The number of hydrogen-bond acceptors (Lipinski definition) is 3. The van der Waals surface area contributed by atoms with Gasteiger partial charge in [-0.05, 0) is 60.9 Å². The van der Waals surface area contributed by atoms with Crippen molar-refractivity contribution in [3.63, 3.8) is 0 Å². The quantitative estimate of drug-likeness (QED) is 0.228. The molecular formula is C33H30N2OS. The van der Waals surface area contributed by atoms with Gasteiger partial charge < -0.3 is 5.11 Å². The molecule has 0 bridgehead atoms. The van der Waals surface area contributed by atoms with Gasteiger partial charge >= 0.3 is 0 Å². The zero-order chi connectivity index (χ0) is 25.0. The molecule has 37 heavy (non-hydrogen) atoms. The van der Waals surface area contributed by atoms with Crippen LogP contribution in [0.2, 0.25) is 0 Å². The molecule has 0 amide bonds. The van der Waals surface area contributed by atoms with Crippen LogP contribution in [0.15, 0.2) is 114 Å². The van der Waals surface area contributed by atoms with Gasteiger partial charge in [0.05, 0.1) is 11.4 Å². The van der Waals surface area contributed by atoms with Gasteiger partial charge in [-0.15, -0.1) is 0 Å². The number of para-hydroxylation sites is 1. The molecule has 1 unspecified atom stereocenters. The predicted molar refractivity (Wildman–Crippen MR) is 153 cm³/mol. The van der Waals surface area contributed by atoms with Crippen molar-refractivity contribution in [1.82, 2.24) is 9.55 Å². The minimum atomic E-state index is 0.456. The summed E-state index contributed by atoms with van der Waals surface area (Å²) in [6.45, 7) is 0. The number of fused-ring (bicyclic) bond motifs is 1. The number of phenols is 1. The van der Waals surface area contributed by atoms with E-state index in [9.17, 15) is 5.11 Å². The Labute approximate surface area is 222 Å². The monoisotopic (exact) mass is 502 g/mol. The first-order valence-electron chi connectivity index (χ1n) is 13.0. The third-order valence-electron chi connectivity index (χ3n) is 7.27. The second kappa shape index (κ2) is 10.7. The standard InChI is InChI=1S/C33H30N2OS/c36-30-18-10-15-27-23-24(19-20-29(27)30)21-22-37-33-34-31(25-11-4-1-5-12-25)32(26-13-6-2-7-14-26)35(33)28-16-8-3-9-17-28/h1-18,24,36H,19-23H2. The Kier molecular flexibility index (Phi) is 6.83. The van der Waals surface area contributed by atoms with Gasteiger partial charge in [0, 0.05) is 22.6 Å². The number of phenolic OH excluding ortho intramolecular Hbond substituents is 1. The Morgan fingerprint density at radius 1 is 0.784 bits per heavy atom. The molecule has 184 valence electrons. The van der Waals surface area contributed by atoms with E-state index >= 15 is 0 Å². The lowest BCUT2D eigenvalue weighted by atomic mass is 9.82. The molecule has 0 fully saturated rings. The van der Waals surface area contributed by atoms with Crippen LogP contribution >= 0.6 is 11.8 Å². The average Bonchev–Trinajstić information content (AvgIpc) is 3.34. The van der Waals surface area contributed by atoms with Crippen molar-refractivity contribution in [3.05, 3.63) is 120 Å². The van der Waals surface area contributed by atoms with Gasteiger partial charge in [0.1, 0.15) is 5.75 Å². The largest absolute Gasteiger partial charge is 0.508 e. The van der Waals surface area contributed by atoms with E-state index in [4.69, 9.17) is 4.98 Å². The minimum absolute atomic E-state index is 0.456. The highest BCUT2D eigenvalue weighted by atomic mass is 32.2. The molecule has 1 N–H and O–H groups in total. The van der Waals surface area contributed by atoms with Crippen molar-refractivity contribution in [2.45, 2.75) is 30.8 Å². The van der Waals surface area contributed by atoms with E-state index in [1.54, 1.807) is 0 Å². The zero-order valence-corrected chi connectivity index (χ0v) is 21.6. The van der Waals surface area contributed by atoms with Crippen molar-refractivity contribution in [3.8, 4) is 34.0 Å². The Balaban J connectivity index is 1.34. The van der Waals surface area contributed by atoms with Crippen molar-refractivity contribution >= 4 is 11.8 Å². The van der Waals surface area contributed by atoms with Gasteiger partial charge in [-0.2, -0.15) is 0 Å². The van der Waals surface area contributed by atoms with Gasteiger partial charge in [0.15, 0.2) is 5.16 Å². The third kappa shape index (κ3) is 4.94. The van der Waals surface area contributed by atoms with E-state index in [2.05, 4.69) is 102 Å². The topological polar surface area (TPSA) is 38.1 Å². The second-order valence-corrected chi connectivity index (χ2v) is 10.7. The lowest BCUT2D eigenvalue weighted by Crippen LogP contribution is -2.15. The molecule has 6 rings (SSSR count). The SMILES string of the molecule is Oc1cccc2c1CCC(CCSc1nc(-c3ccccc3)c(-c3ccccc3)n1-c1ccccc1)C2. The summed E-state index contributed by atoms with van der Waals surface area (Å²) >= 11 is 1.85. The normalized spacial score (nSPS) is 14.9. The molecule has 0 saturated carbocycles. The highest BCUT2D eigenvalue weighted by Crippen LogP contribution is 2.39. The number of imidazole rings is 1. The first kappa shape index (κ1) is 23.6. The molecule has 4 aromatic carbocycles. The lowest BCUT2D eigenvalue weighted by Gasteiger charge is -2.25. The summed E-state index contributed by atoms with van der Waals surface area (Å²) in [6.07, 6.45) is 4.26. The smallest absolute Gasteiger partial charge is 0.173 e. The maximum atomic E-state index is 10.2. The first-order chi connectivity index (χ1) is 18.3. The van der Waals surface area contributed by atoms with Crippen LogP contribution in [0.4, 0.5) is 0 Å². The number of thioether (sulfide) groups is 1. The molecule has 1 atom stereocenters. The molecule has 5 aromatic rings. The summed E-state index contributed by atoms with van der Waals surface area (Å²) in [6, 6.07) is 37.6. The second-order valence-electron chi connectivity index (χ2n) is 9.66. The molecule has 3 nitrogen and oxygen atoms in total. The van der Waals surface area contributed by atoms with E-state index in [1.165, 1.54) is 5.56 Å². The average molecular weight is 503 g/mol. The number of benzene rings is 4. The highest BCUT2D eigenvalue weighted by Gasteiger charge is 2.23. The maximum absolute atomic E-state index is 10.2. The fourth-order valence-electron chi connectivity index (χ4n) is 5.40. The van der Waals surface area contributed by atoms with Crippen LogP contribution in [0, 0.1) is 5.92 Å². The number of aromatic nitrogens is 2. The molecule has 0 aliphatic heterocycles. The number of rotatable bonds is 7. The van der Waals surface area contributed by atoms with Crippen molar-refractivity contribution in [2.24, 2.45) is 5.92 Å². The Hall–Kier alpha value is -3.76. The van der Waals surface area contributed by atoms with Gasteiger partial charge in [-0.3, -0.25) is 4.57 Å². The molecule has 1 aromatic heterocycles. The molecule has 0 radical (unpaired) electrons. The summed E-state index contributed by atoms with van der Waals surface area (Å²) in [5.74, 6) is 2.09. The molecule has 0 saturated heterocycles. The van der Waals surface area contributed by atoms with Gasteiger partial charge in [0.25, 0.3) is 0 Å². The third-order valence-corrected chi connectivity index (χ3v) is 8.24. The molecular weight excluding hydrogens is 472 g/mol. The van der Waals surface area contributed by atoms with Gasteiger partial charge in [-0.25, -0.2) is 4.98 Å². The summed E-state index contributed by atoms with van der Waals surface area (Å²) < 4.78 is 2.33. The van der Waals surface area contributed by atoms with Crippen LogP contribution in [0.3, 0.4) is 0 Å². The minimum Gasteiger partial charge on any atom is -0.508 e. The summed E-state index contributed by atoms with van der Waals surface area (Å²) in [5, 5.41) is 11.2. The fourth-order valence-corrected chi connectivity index (χ4v) is 6.51. The van der Waals surface area contributed by atoms with E-state index < -0.39 is 0 Å². The van der Waals surface area contributed by atoms with Crippen LogP contribution in [0.25, 0.3) is 28.2 Å². The molecule has 1 aliphatic rings. The highest BCUT2D eigenvalue weighted by molar-refractivity contribution is 7.99. The Bertz CT molecular complexity index is 1480. The van der Waals surface area contributed by atoms with Gasteiger partial charge in [0.2, 0.25) is 0 Å². The lowest BCUT2D eigenvalue weighted by molar-refractivity contribution is 0.422. The summed E-state index contributed by atoms with van der Waals surface area (Å²) in [4.78, 5) is 5.26. The molecule has 1 aliphatic carbocycles. The van der Waals surface area contributed by atoms with E-state index in [1.807, 2.05) is 23.9 Å². The van der Waals surface area contributed by atoms with E-state index in [0.717, 1.165) is 70.4 Å². The van der Waals surface area contributed by atoms with E-state index in [-0.39, 0.29) is 0 Å². The van der Waals surface area contributed by atoms with Crippen molar-refractivity contribution in [2.75, 3.05) is 5.75 Å². The van der Waals surface area contributed by atoms with Crippen LogP contribution in [0.1, 0.15) is 24.0 Å². The van der Waals surface area contributed by atoms with E-state index in [0.29, 0.717) is 11.7 Å².